The van der Waals surface area contributed by atoms with E-state index in [9.17, 15) is 9.18 Å². The average molecular weight is 268 g/mol. The van der Waals surface area contributed by atoms with Crippen LogP contribution >= 0.6 is 0 Å². The van der Waals surface area contributed by atoms with Crippen LogP contribution in [0.4, 0.5) is 4.39 Å². The van der Waals surface area contributed by atoms with E-state index in [1.54, 1.807) is 0 Å². The number of rotatable bonds is 3. The van der Waals surface area contributed by atoms with Gasteiger partial charge in [0.2, 0.25) is 5.82 Å². The van der Waals surface area contributed by atoms with E-state index in [2.05, 4.69) is 9.97 Å². The van der Waals surface area contributed by atoms with E-state index in [0.717, 1.165) is 25.7 Å². The van der Waals surface area contributed by atoms with Crippen LogP contribution in [0.15, 0.2) is 4.79 Å². The van der Waals surface area contributed by atoms with Crippen molar-refractivity contribution in [3.8, 4) is 0 Å². The number of halogens is 1. The van der Waals surface area contributed by atoms with Gasteiger partial charge in [-0.2, -0.15) is 4.39 Å². The molecule has 0 atom stereocenters. The molecule has 1 N–H and O–H groups in total. The largest absolute Gasteiger partial charge is 0.367 e. The van der Waals surface area contributed by atoms with E-state index < -0.39 is 17.0 Å². The quantitative estimate of drug-likeness (QED) is 0.858. The smallest absolute Gasteiger partial charge is 0.287 e. The van der Waals surface area contributed by atoms with Gasteiger partial charge in [-0.1, -0.05) is 25.7 Å². The highest BCUT2D eigenvalue weighted by molar-refractivity contribution is 5.10. The predicted octanol–water partition coefficient (Wildman–Crippen LogP) is 2.80. The molecule has 0 spiro atoms. The van der Waals surface area contributed by atoms with Gasteiger partial charge in [0.1, 0.15) is 11.4 Å². The van der Waals surface area contributed by atoms with Gasteiger partial charge in [0.15, 0.2) is 0 Å². The molecule has 4 nitrogen and oxygen atoms in total. The molecule has 106 valence electrons. The zero-order valence-electron chi connectivity index (χ0n) is 11.6. The van der Waals surface area contributed by atoms with Crippen molar-refractivity contribution in [2.75, 3.05) is 6.61 Å². The Labute approximate surface area is 112 Å². The normalized spacial score (nSPS) is 19.1. The summed E-state index contributed by atoms with van der Waals surface area (Å²) in [4.78, 5) is 18.4. The highest BCUT2D eigenvalue weighted by Crippen LogP contribution is 2.37. The van der Waals surface area contributed by atoms with Crippen LogP contribution in [0.3, 0.4) is 0 Å². The van der Waals surface area contributed by atoms with Crippen LogP contribution in [-0.2, 0) is 10.3 Å². The Bertz CT molecular complexity index is 491. The summed E-state index contributed by atoms with van der Waals surface area (Å²) in [6, 6.07) is 0. The standard InChI is InChI=1S/C14H21FN2O2/c1-3-19-14(8-6-4-5-7-9-14)13-16-10(2)11(15)12(18)17-13/h3-9H2,1-2H3,(H,16,17,18). The second-order valence-corrected chi connectivity index (χ2v) is 5.16. The highest BCUT2D eigenvalue weighted by Gasteiger charge is 2.36. The summed E-state index contributed by atoms with van der Waals surface area (Å²) < 4.78 is 19.4. The first-order valence-corrected chi connectivity index (χ1v) is 7.00. The predicted molar refractivity (Wildman–Crippen MR) is 70.6 cm³/mol. The molecule has 1 aliphatic carbocycles. The molecular weight excluding hydrogens is 247 g/mol. The first-order valence-electron chi connectivity index (χ1n) is 7.00. The Morgan fingerprint density at radius 1 is 1.32 bits per heavy atom. The van der Waals surface area contributed by atoms with Crippen molar-refractivity contribution in [1.82, 2.24) is 9.97 Å². The fourth-order valence-corrected chi connectivity index (χ4v) is 2.81. The third-order valence-electron chi connectivity index (χ3n) is 3.79. The van der Waals surface area contributed by atoms with E-state index in [-0.39, 0.29) is 5.69 Å². The second kappa shape index (κ2) is 5.82. The Hall–Kier alpha value is -1.23. The van der Waals surface area contributed by atoms with Gasteiger partial charge < -0.3 is 9.72 Å². The highest BCUT2D eigenvalue weighted by atomic mass is 19.1. The molecule has 1 fully saturated rings. The maximum absolute atomic E-state index is 13.4. The van der Waals surface area contributed by atoms with Crippen molar-refractivity contribution in [3.05, 3.63) is 27.7 Å². The lowest BCUT2D eigenvalue weighted by Gasteiger charge is -2.31. The minimum absolute atomic E-state index is 0.141. The van der Waals surface area contributed by atoms with Gasteiger partial charge in [-0.15, -0.1) is 0 Å². The lowest BCUT2D eigenvalue weighted by molar-refractivity contribution is -0.0628. The summed E-state index contributed by atoms with van der Waals surface area (Å²) in [5.74, 6) is -0.316. The second-order valence-electron chi connectivity index (χ2n) is 5.16. The minimum Gasteiger partial charge on any atom is -0.367 e. The van der Waals surface area contributed by atoms with Crippen LogP contribution in [-0.4, -0.2) is 16.6 Å². The number of hydrogen-bond acceptors (Lipinski definition) is 3. The van der Waals surface area contributed by atoms with E-state index >= 15 is 0 Å². The van der Waals surface area contributed by atoms with Crippen molar-refractivity contribution in [2.24, 2.45) is 0 Å². The number of aromatic nitrogens is 2. The fraction of sp³-hybridized carbons (Fsp3) is 0.714. The van der Waals surface area contributed by atoms with E-state index in [1.165, 1.54) is 19.8 Å². The van der Waals surface area contributed by atoms with Crippen molar-refractivity contribution in [2.45, 2.75) is 58.0 Å². The van der Waals surface area contributed by atoms with Crippen LogP contribution in [0.5, 0.6) is 0 Å². The van der Waals surface area contributed by atoms with Gasteiger partial charge in [0.25, 0.3) is 5.56 Å². The molecule has 0 unspecified atom stereocenters. The summed E-state index contributed by atoms with van der Waals surface area (Å²) in [6.45, 7) is 4.01. The molecule has 0 aromatic carbocycles. The van der Waals surface area contributed by atoms with Crippen LogP contribution < -0.4 is 5.56 Å². The van der Waals surface area contributed by atoms with Gasteiger partial charge in [0, 0.05) is 6.61 Å². The van der Waals surface area contributed by atoms with Crippen LogP contribution in [0.2, 0.25) is 0 Å². The molecule has 0 amide bonds. The molecule has 0 aliphatic heterocycles. The monoisotopic (exact) mass is 268 g/mol. The SMILES string of the molecule is CCOC1(c2nc(C)c(F)c(=O)[nH]2)CCCCCC1. The number of hydrogen-bond donors (Lipinski definition) is 1. The Kier molecular flexibility index (Phi) is 4.34. The summed E-state index contributed by atoms with van der Waals surface area (Å²) in [7, 11) is 0. The zero-order valence-corrected chi connectivity index (χ0v) is 11.6. The van der Waals surface area contributed by atoms with Crippen LogP contribution in [0, 0.1) is 12.7 Å². The van der Waals surface area contributed by atoms with Crippen LogP contribution in [0.25, 0.3) is 0 Å². The molecule has 2 rings (SSSR count). The Balaban J connectivity index is 2.45. The van der Waals surface area contributed by atoms with Gasteiger partial charge >= 0.3 is 0 Å². The van der Waals surface area contributed by atoms with Crippen molar-refractivity contribution < 1.29 is 9.13 Å². The summed E-state index contributed by atoms with van der Waals surface area (Å²) in [5.41, 5.74) is -1.11. The van der Waals surface area contributed by atoms with Gasteiger partial charge in [0.05, 0.1) is 5.69 Å². The maximum atomic E-state index is 13.4. The zero-order chi connectivity index (χ0) is 13.9. The van der Waals surface area contributed by atoms with Crippen LogP contribution in [0.1, 0.15) is 57.0 Å². The Morgan fingerprint density at radius 2 is 1.95 bits per heavy atom. The number of nitrogens with zero attached hydrogens (tertiary/aromatic N) is 1. The summed E-state index contributed by atoms with van der Waals surface area (Å²) >= 11 is 0. The van der Waals surface area contributed by atoms with E-state index in [4.69, 9.17) is 4.74 Å². The lowest BCUT2D eigenvalue weighted by Crippen LogP contribution is -2.35. The third kappa shape index (κ3) is 2.86. The Morgan fingerprint density at radius 3 is 2.47 bits per heavy atom. The molecule has 1 aromatic heterocycles. The van der Waals surface area contributed by atoms with Crippen molar-refractivity contribution in [1.29, 1.82) is 0 Å². The molecule has 5 heteroatoms. The van der Waals surface area contributed by atoms with E-state index in [0.29, 0.717) is 12.4 Å². The average Bonchev–Trinajstić information content (AvgIpc) is 2.62. The number of ether oxygens (including phenoxy) is 1. The number of aryl methyl sites for hydroxylation is 1. The lowest BCUT2D eigenvalue weighted by atomic mass is 9.93. The van der Waals surface area contributed by atoms with Gasteiger partial charge in [-0.3, -0.25) is 4.79 Å². The van der Waals surface area contributed by atoms with E-state index in [1.807, 2.05) is 6.92 Å². The van der Waals surface area contributed by atoms with Gasteiger partial charge in [-0.25, -0.2) is 4.98 Å². The third-order valence-corrected chi connectivity index (χ3v) is 3.79. The fourth-order valence-electron chi connectivity index (χ4n) is 2.81. The molecule has 0 saturated heterocycles. The van der Waals surface area contributed by atoms with Gasteiger partial charge in [-0.05, 0) is 26.7 Å². The number of aromatic amines is 1. The molecule has 19 heavy (non-hydrogen) atoms. The number of nitrogens with one attached hydrogen (secondary N) is 1. The molecule has 0 radical (unpaired) electrons. The summed E-state index contributed by atoms with van der Waals surface area (Å²) in [5, 5.41) is 0. The first kappa shape index (κ1) is 14.2. The molecule has 1 heterocycles. The number of H-pyrrole nitrogens is 1. The first-order chi connectivity index (χ1) is 9.09. The molecule has 1 aliphatic rings. The molecule has 0 bridgehead atoms. The van der Waals surface area contributed by atoms with Crippen molar-refractivity contribution in [3.63, 3.8) is 0 Å². The summed E-state index contributed by atoms with van der Waals surface area (Å²) in [6.07, 6.45) is 6.07. The maximum Gasteiger partial charge on any atom is 0.287 e. The minimum atomic E-state index is -0.802. The molecule has 1 aromatic rings. The topological polar surface area (TPSA) is 55.0 Å². The molecule has 1 saturated carbocycles. The van der Waals surface area contributed by atoms with Crippen molar-refractivity contribution >= 4 is 0 Å². The molecular formula is C14H21FN2O2.